The molecule has 24 heavy (non-hydrogen) atoms. The van der Waals surface area contributed by atoms with E-state index in [2.05, 4.69) is 10.6 Å². The quantitative estimate of drug-likeness (QED) is 0.894. The second kappa shape index (κ2) is 6.80. The van der Waals surface area contributed by atoms with Gasteiger partial charge in [-0.2, -0.15) is 0 Å². The van der Waals surface area contributed by atoms with Gasteiger partial charge in [-0.3, -0.25) is 14.5 Å². The number of carbonyl (C=O) groups excluding carboxylic acids is 2. The molecule has 0 spiro atoms. The molecule has 1 aliphatic heterocycles. The number of hydrogen-bond acceptors (Lipinski definition) is 4. The molecule has 0 aromatic heterocycles. The molecule has 2 aromatic carbocycles. The van der Waals surface area contributed by atoms with Gasteiger partial charge in [0.25, 0.3) is 0 Å². The van der Waals surface area contributed by atoms with Crippen molar-refractivity contribution in [1.29, 1.82) is 0 Å². The summed E-state index contributed by atoms with van der Waals surface area (Å²) in [4.78, 5) is 25.8. The molecule has 3 rings (SSSR count). The SMILES string of the molecule is COc1ccc(Cl)c(NCC(=O)N2CC(=O)Nc3ccccc32)c1. The summed E-state index contributed by atoms with van der Waals surface area (Å²) in [5, 5.41) is 6.23. The van der Waals surface area contributed by atoms with E-state index in [1.165, 1.54) is 4.90 Å². The fourth-order valence-electron chi connectivity index (χ4n) is 2.49. The van der Waals surface area contributed by atoms with Gasteiger partial charge in [-0.25, -0.2) is 0 Å². The minimum absolute atomic E-state index is 0.00843. The van der Waals surface area contributed by atoms with E-state index in [0.29, 0.717) is 27.8 Å². The molecule has 0 fully saturated rings. The van der Waals surface area contributed by atoms with E-state index in [1.54, 1.807) is 43.5 Å². The summed E-state index contributed by atoms with van der Waals surface area (Å²) >= 11 is 6.12. The van der Waals surface area contributed by atoms with Crippen molar-refractivity contribution in [2.45, 2.75) is 0 Å². The third-order valence-electron chi connectivity index (χ3n) is 3.68. The topological polar surface area (TPSA) is 70.7 Å². The maximum absolute atomic E-state index is 12.6. The van der Waals surface area contributed by atoms with Crippen LogP contribution in [0.15, 0.2) is 42.5 Å². The number of nitrogens with zero attached hydrogens (tertiary/aromatic N) is 1. The van der Waals surface area contributed by atoms with E-state index in [4.69, 9.17) is 16.3 Å². The fourth-order valence-corrected chi connectivity index (χ4v) is 2.67. The molecule has 0 radical (unpaired) electrons. The highest BCUT2D eigenvalue weighted by Crippen LogP contribution is 2.30. The monoisotopic (exact) mass is 345 g/mol. The molecule has 0 atom stereocenters. The van der Waals surface area contributed by atoms with Crippen LogP contribution in [0.25, 0.3) is 0 Å². The van der Waals surface area contributed by atoms with Gasteiger partial charge >= 0.3 is 0 Å². The molecule has 0 saturated carbocycles. The Morgan fingerprint density at radius 3 is 2.92 bits per heavy atom. The van der Waals surface area contributed by atoms with Crippen molar-refractivity contribution in [3.05, 3.63) is 47.5 Å². The van der Waals surface area contributed by atoms with Crippen LogP contribution in [0.3, 0.4) is 0 Å². The van der Waals surface area contributed by atoms with E-state index >= 15 is 0 Å². The molecule has 0 bridgehead atoms. The van der Waals surface area contributed by atoms with Gasteiger partial charge in [0.05, 0.1) is 35.7 Å². The molecular weight excluding hydrogens is 330 g/mol. The molecule has 2 aromatic rings. The lowest BCUT2D eigenvalue weighted by molar-refractivity contribution is -0.120. The first-order valence-corrected chi connectivity index (χ1v) is 7.73. The second-order valence-corrected chi connectivity index (χ2v) is 5.65. The van der Waals surface area contributed by atoms with Crippen LogP contribution in [-0.4, -0.2) is 32.0 Å². The Labute approximate surface area is 144 Å². The molecule has 6 nitrogen and oxygen atoms in total. The molecule has 1 aliphatic rings. The Morgan fingerprint density at radius 1 is 1.33 bits per heavy atom. The van der Waals surface area contributed by atoms with Crippen LogP contribution in [0, 0.1) is 0 Å². The first-order valence-electron chi connectivity index (χ1n) is 7.35. The normalized spacial score (nSPS) is 13.1. The smallest absolute Gasteiger partial charge is 0.246 e. The summed E-state index contributed by atoms with van der Waals surface area (Å²) < 4.78 is 5.15. The number of ether oxygens (including phenoxy) is 1. The third-order valence-corrected chi connectivity index (χ3v) is 4.00. The number of methoxy groups -OCH3 is 1. The number of rotatable bonds is 4. The number of amides is 2. The highest BCUT2D eigenvalue weighted by molar-refractivity contribution is 6.33. The Kier molecular flexibility index (Phi) is 4.57. The first kappa shape index (κ1) is 16.1. The van der Waals surface area contributed by atoms with Crippen LogP contribution in [0.4, 0.5) is 17.1 Å². The molecule has 0 unspecified atom stereocenters. The van der Waals surface area contributed by atoms with Gasteiger partial charge in [0, 0.05) is 6.07 Å². The Hall–Kier alpha value is -2.73. The van der Waals surface area contributed by atoms with Gasteiger partial charge in [0.2, 0.25) is 11.8 Å². The van der Waals surface area contributed by atoms with Gasteiger partial charge in [-0.15, -0.1) is 0 Å². The van der Waals surface area contributed by atoms with Crippen LogP contribution in [0.5, 0.6) is 5.75 Å². The number of nitrogens with one attached hydrogen (secondary N) is 2. The zero-order valence-corrected chi connectivity index (χ0v) is 13.8. The van der Waals surface area contributed by atoms with E-state index < -0.39 is 0 Å². The summed E-state index contributed by atoms with van der Waals surface area (Å²) in [5.74, 6) is 0.190. The summed E-state index contributed by atoms with van der Waals surface area (Å²) in [6, 6.07) is 12.3. The van der Waals surface area contributed by atoms with E-state index in [9.17, 15) is 9.59 Å². The van der Waals surface area contributed by atoms with Crippen molar-refractivity contribution in [2.24, 2.45) is 0 Å². The first-order chi connectivity index (χ1) is 11.6. The van der Waals surface area contributed by atoms with Crippen molar-refractivity contribution < 1.29 is 14.3 Å². The van der Waals surface area contributed by atoms with Crippen molar-refractivity contribution in [2.75, 3.05) is 35.7 Å². The second-order valence-electron chi connectivity index (χ2n) is 5.24. The lowest BCUT2D eigenvalue weighted by atomic mass is 10.2. The molecule has 1 heterocycles. The average Bonchev–Trinajstić information content (AvgIpc) is 2.60. The lowest BCUT2D eigenvalue weighted by Gasteiger charge is -2.29. The minimum atomic E-state index is -0.226. The van der Waals surface area contributed by atoms with Gasteiger partial charge < -0.3 is 15.4 Å². The largest absolute Gasteiger partial charge is 0.497 e. The number of halogens is 1. The van der Waals surface area contributed by atoms with Crippen LogP contribution in [0.1, 0.15) is 0 Å². The zero-order chi connectivity index (χ0) is 17.1. The van der Waals surface area contributed by atoms with Crippen molar-refractivity contribution in [3.8, 4) is 5.75 Å². The van der Waals surface area contributed by atoms with Crippen molar-refractivity contribution >= 4 is 40.5 Å². The average molecular weight is 346 g/mol. The van der Waals surface area contributed by atoms with Crippen LogP contribution in [-0.2, 0) is 9.59 Å². The summed E-state index contributed by atoms with van der Waals surface area (Å²) in [7, 11) is 1.56. The summed E-state index contributed by atoms with van der Waals surface area (Å²) in [6.45, 7) is -0.00211. The van der Waals surface area contributed by atoms with Gasteiger partial charge in [0.15, 0.2) is 0 Å². The third kappa shape index (κ3) is 3.28. The van der Waals surface area contributed by atoms with Crippen LogP contribution in [0.2, 0.25) is 5.02 Å². The standard InChI is InChI=1S/C17H16ClN3O3/c1-24-11-6-7-12(18)14(8-11)19-9-17(23)21-10-16(22)20-13-4-2-3-5-15(13)21/h2-8,19H,9-10H2,1H3,(H,20,22). The minimum Gasteiger partial charge on any atom is -0.497 e. The lowest BCUT2D eigenvalue weighted by Crippen LogP contribution is -2.44. The predicted octanol–water partition coefficient (Wildman–Crippen LogP) is 2.75. The number of para-hydroxylation sites is 2. The number of benzene rings is 2. The molecule has 2 amide bonds. The number of carbonyl (C=O) groups is 2. The molecule has 124 valence electrons. The summed E-state index contributed by atoms with van der Waals surface area (Å²) in [6.07, 6.45) is 0. The van der Waals surface area contributed by atoms with Crippen molar-refractivity contribution in [3.63, 3.8) is 0 Å². The summed E-state index contributed by atoms with van der Waals surface area (Å²) in [5.41, 5.74) is 1.90. The van der Waals surface area contributed by atoms with E-state index in [1.807, 2.05) is 6.07 Å². The maximum atomic E-state index is 12.6. The molecule has 2 N–H and O–H groups in total. The molecule has 0 aliphatic carbocycles. The number of hydrogen-bond donors (Lipinski definition) is 2. The molecular formula is C17H16ClN3O3. The van der Waals surface area contributed by atoms with Gasteiger partial charge in [-0.1, -0.05) is 23.7 Å². The number of fused-ring (bicyclic) bond motifs is 1. The molecule has 0 saturated heterocycles. The zero-order valence-electron chi connectivity index (χ0n) is 13.0. The van der Waals surface area contributed by atoms with Crippen LogP contribution < -0.4 is 20.3 Å². The Morgan fingerprint density at radius 2 is 2.12 bits per heavy atom. The maximum Gasteiger partial charge on any atom is 0.246 e. The van der Waals surface area contributed by atoms with Crippen LogP contribution >= 0.6 is 11.6 Å². The van der Waals surface area contributed by atoms with E-state index in [-0.39, 0.29) is 24.9 Å². The van der Waals surface area contributed by atoms with E-state index in [0.717, 1.165) is 0 Å². The fraction of sp³-hybridized carbons (Fsp3) is 0.176. The molecule has 7 heteroatoms. The Balaban J connectivity index is 1.75. The number of anilines is 3. The van der Waals surface area contributed by atoms with Gasteiger partial charge in [-0.05, 0) is 24.3 Å². The highest BCUT2D eigenvalue weighted by atomic mass is 35.5. The predicted molar refractivity (Wildman–Crippen MR) is 93.9 cm³/mol. The Bertz CT molecular complexity index is 794. The van der Waals surface area contributed by atoms with Crippen molar-refractivity contribution in [1.82, 2.24) is 0 Å². The highest BCUT2D eigenvalue weighted by Gasteiger charge is 2.26. The van der Waals surface area contributed by atoms with Gasteiger partial charge in [0.1, 0.15) is 12.3 Å².